The van der Waals surface area contributed by atoms with Crippen LogP contribution < -0.4 is 10.1 Å². The summed E-state index contributed by atoms with van der Waals surface area (Å²) in [6, 6.07) is 17.8. The summed E-state index contributed by atoms with van der Waals surface area (Å²) < 4.78 is 5.51. The van der Waals surface area contributed by atoms with Gasteiger partial charge >= 0.3 is 0 Å². The zero-order valence-corrected chi connectivity index (χ0v) is 15.9. The first-order valence-corrected chi connectivity index (χ1v) is 9.59. The molecule has 1 fully saturated rings. The molecule has 1 heterocycles. The van der Waals surface area contributed by atoms with Crippen molar-refractivity contribution in [1.82, 2.24) is 15.3 Å². The molecule has 146 valence electrons. The number of hydrogen-bond acceptors (Lipinski definition) is 5. The number of ketones is 1. The molecule has 29 heavy (non-hydrogen) atoms. The molecule has 4 rings (SSSR count). The number of nitrogens with one attached hydrogen (secondary N) is 1. The summed E-state index contributed by atoms with van der Waals surface area (Å²) in [5, 5.41) is 2.80. The Bertz CT molecular complexity index is 999. The van der Waals surface area contributed by atoms with Crippen molar-refractivity contribution in [2.75, 3.05) is 6.61 Å². The number of aromatic nitrogens is 2. The van der Waals surface area contributed by atoms with Gasteiger partial charge in [-0.05, 0) is 43.2 Å². The van der Waals surface area contributed by atoms with Gasteiger partial charge in [-0.1, -0.05) is 30.3 Å². The Morgan fingerprint density at radius 3 is 2.41 bits per heavy atom. The monoisotopic (exact) mass is 387 g/mol. The van der Waals surface area contributed by atoms with E-state index < -0.39 is 0 Å². The van der Waals surface area contributed by atoms with Crippen LogP contribution in [0, 0.1) is 0 Å². The van der Waals surface area contributed by atoms with Crippen LogP contribution in [0.1, 0.15) is 46.1 Å². The largest absolute Gasteiger partial charge is 0.484 e. The number of hydrogen-bond donors (Lipinski definition) is 1. The lowest BCUT2D eigenvalue weighted by molar-refractivity contribution is -0.123. The molecular weight excluding hydrogens is 366 g/mol. The number of benzene rings is 2. The number of carbonyl (C=O) groups excluding carboxylic acids is 2. The van der Waals surface area contributed by atoms with Crippen molar-refractivity contribution >= 4 is 11.7 Å². The lowest BCUT2D eigenvalue weighted by atomic mass is 10.0. The third-order valence-electron chi connectivity index (χ3n) is 4.73. The highest BCUT2D eigenvalue weighted by molar-refractivity contribution is 6.08. The van der Waals surface area contributed by atoms with Crippen LogP contribution >= 0.6 is 0 Å². The normalized spacial score (nSPS) is 13.0. The first-order valence-electron chi connectivity index (χ1n) is 9.59. The molecule has 1 aliphatic carbocycles. The third-order valence-corrected chi connectivity index (χ3v) is 4.73. The lowest BCUT2D eigenvalue weighted by Crippen LogP contribution is -2.28. The fourth-order valence-electron chi connectivity index (χ4n) is 2.96. The Kier molecular flexibility index (Phi) is 5.61. The molecule has 0 radical (unpaired) electrons. The number of nitrogens with zero attached hydrogens (tertiary/aromatic N) is 2. The van der Waals surface area contributed by atoms with Gasteiger partial charge in [0.1, 0.15) is 12.1 Å². The van der Waals surface area contributed by atoms with Crippen molar-refractivity contribution in [1.29, 1.82) is 0 Å². The SMILES string of the molecule is O=C(COc1ccc(C(=O)c2ccccc2)cc1)NCc1cc(C2CC2)ncn1. The smallest absolute Gasteiger partial charge is 0.258 e. The van der Waals surface area contributed by atoms with Crippen LogP contribution in [0.15, 0.2) is 67.0 Å². The van der Waals surface area contributed by atoms with Gasteiger partial charge in [0, 0.05) is 22.7 Å². The van der Waals surface area contributed by atoms with Gasteiger partial charge < -0.3 is 10.1 Å². The molecule has 3 aromatic rings. The molecule has 0 unspecified atom stereocenters. The topological polar surface area (TPSA) is 81.2 Å². The maximum absolute atomic E-state index is 12.4. The first-order chi connectivity index (χ1) is 14.2. The quantitative estimate of drug-likeness (QED) is 0.600. The minimum Gasteiger partial charge on any atom is -0.484 e. The van der Waals surface area contributed by atoms with Crippen LogP contribution in [0.25, 0.3) is 0 Å². The van der Waals surface area contributed by atoms with Gasteiger partial charge in [0.05, 0.1) is 12.2 Å². The van der Waals surface area contributed by atoms with Crippen LogP contribution in [0.4, 0.5) is 0 Å². The predicted octanol–water partition coefficient (Wildman–Crippen LogP) is 3.28. The standard InChI is InChI=1S/C23H21N3O3/c27-22(24-13-19-12-21(16-6-7-16)26-15-25-19)14-29-20-10-8-18(9-11-20)23(28)17-4-2-1-3-5-17/h1-5,8-12,15-16H,6-7,13-14H2,(H,24,27). The van der Waals surface area contributed by atoms with Crippen LogP contribution in [0.5, 0.6) is 5.75 Å². The maximum atomic E-state index is 12.4. The summed E-state index contributed by atoms with van der Waals surface area (Å²) in [7, 11) is 0. The summed E-state index contributed by atoms with van der Waals surface area (Å²) in [5.41, 5.74) is 3.04. The van der Waals surface area contributed by atoms with Gasteiger partial charge in [-0.2, -0.15) is 0 Å². The molecule has 1 aromatic heterocycles. The van der Waals surface area contributed by atoms with Crippen molar-refractivity contribution in [3.63, 3.8) is 0 Å². The Hall–Kier alpha value is -3.54. The van der Waals surface area contributed by atoms with E-state index >= 15 is 0 Å². The molecule has 6 nitrogen and oxygen atoms in total. The van der Waals surface area contributed by atoms with E-state index in [2.05, 4.69) is 15.3 Å². The molecule has 0 spiro atoms. The molecule has 0 saturated heterocycles. The highest BCUT2D eigenvalue weighted by Gasteiger charge is 2.25. The van der Waals surface area contributed by atoms with Gasteiger partial charge in [-0.25, -0.2) is 9.97 Å². The highest BCUT2D eigenvalue weighted by Crippen LogP contribution is 2.38. The van der Waals surface area contributed by atoms with Crippen molar-refractivity contribution in [3.8, 4) is 5.75 Å². The average Bonchev–Trinajstić information content (AvgIpc) is 3.62. The van der Waals surface area contributed by atoms with E-state index in [1.807, 2.05) is 24.3 Å². The summed E-state index contributed by atoms with van der Waals surface area (Å²) in [4.78, 5) is 32.9. The highest BCUT2D eigenvalue weighted by atomic mass is 16.5. The summed E-state index contributed by atoms with van der Waals surface area (Å²) in [6.45, 7) is 0.238. The molecule has 0 atom stereocenters. The van der Waals surface area contributed by atoms with Crippen LogP contribution in [0.3, 0.4) is 0 Å². The van der Waals surface area contributed by atoms with E-state index in [0.29, 0.717) is 29.3 Å². The Labute approximate surface area is 169 Å². The minimum atomic E-state index is -0.235. The lowest BCUT2D eigenvalue weighted by Gasteiger charge is -2.08. The Morgan fingerprint density at radius 2 is 1.69 bits per heavy atom. The number of rotatable bonds is 8. The minimum absolute atomic E-state index is 0.0506. The van der Waals surface area contributed by atoms with Crippen molar-refractivity contribution in [3.05, 3.63) is 89.5 Å². The molecule has 2 aromatic carbocycles. The molecule has 1 saturated carbocycles. The second kappa shape index (κ2) is 8.65. The molecule has 1 aliphatic rings. The summed E-state index contributed by atoms with van der Waals surface area (Å²) in [5.74, 6) is 0.793. The molecule has 1 amide bonds. The number of carbonyl (C=O) groups is 2. The van der Waals surface area contributed by atoms with Gasteiger partial charge in [0.15, 0.2) is 12.4 Å². The second-order valence-corrected chi connectivity index (χ2v) is 6.99. The van der Waals surface area contributed by atoms with Gasteiger partial charge in [0.2, 0.25) is 0 Å². The van der Waals surface area contributed by atoms with Crippen molar-refractivity contribution < 1.29 is 14.3 Å². The molecular formula is C23H21N3O3. The summed E-state index contributed by atoms with van der Waals surface area (Å²) in [6.07, 6.45) is 3.89. The zero-order valence-electron chi connectivity index (χ0n) is 15.9. The van der Waals surface area contributed by atoms with E-state index in [-0.39, 0.29) is 18.3 Å². The number of ether oxygens (including phenoxy) is 1. The van der Waals surface area contributed by atoms with E-state index in [4.69, 9.17) is 4.74 Å². The van der Waals surface area contributed by atoms with Gasteiger partial charge in [-0.3, -0.25) is 9.59 Å². The van der Waals surface area contributed by atoms with E-state index in [1.165, 1.54) is 12.8 Å². The third kappa shape index (κ3) is 5.04. The van der Waals surface area contributed by atoms with Gasteiger partial charge in [-0.15, -0.1) is 0 Å². The van der Waals surface area contributed by atoms with E-state index in [1.54, 1.807) is 42.7 Å². The van der Waals surface area contributed by atoms with Crippen molar-refractivity contribution in [2.24, 2.45) is 0 Å². The zero-order chi connectivity index (χ0) is 20.1. The predicted molar refractivity (Wildman–Crippen MR) is 108 cm³/mol. The molecule has 6 heteroatoms. The van der Waals surface area contributed by atoms with Crippen LogP contribution in [0.2, 0.25) is 0 Å². The summed E-state index contributed by atoms with van der Waals surface area (Å²) >= 11 is 0. The molecule has 1 N–H and O–H groups in total. The molecule has 0 bridgehead atoms. The Balaban J connectivity index is 1.26. The van der Waals surface area contributed by atoms with Gasteiger partial charge in [0.25, 0.3) is 5.91 Å². The van der Waals surface area contributed by atoms with E-state index in [9.17, 15) is 9.59 Å². The average molecular weight is 387 g/mol. The van der Waals surface area contributed by atoms with Crippen molar-refractivity contribution in [2.45, 2.75) is 25.3 Å². The van der Waals surface area contributed by atoms with Crippen LogP contribution in [-0.4, -0.2) is 28.3 Å². The first kappa shape index (κ1) is 18.8. The number of amides is 1. The van der Waals surface area contributed by atoms with Crippen LogP contribution in [-0.2, 0) is 11.3 Å². The fourth-order valence-corrected chi connectivity index (χ4v) is 2.96. The molecule has 0 aliphatic heterocycles. The maximum Gasteiger partial charge on any atom is 0.258 e. The second-order valence-electron chi connectivity index (χ2n) is 6.99. The van der Waals surface area contributed by atoms with E-state index in [0.717, 1.165) is 11.4 Å². The fraction of sp³-hybridized carbons (Fsp3) is 0.217. The Morgan fingerprint density at radius 1 is 0.966 bits per heavy atom.